The number of nitrogens with zero attached hydrogens (tertiary/aromatic N) is 1. The van der Waals surface area contributed by atoms with E-state index < -0.39 is 0 Å². The van der Waals surface area contributed by atoms with Crippen LogP contribution >= 0.6 is 0 Å². The fraction of sp³-hybridized carbons (Fsp3) is 0.270. The zero-order valence-corrected chi connectivity index (χ0v) is 24.0. The van der Waals surface area contributed by atoms with Crippen LogP contribution in [0.1, 0.15) is 55.5 Å². The third-order valence-corrected chi connectivity index (χ3v) is 9.56. The van der Waals surface area contributed by atoms with Crippen molar-refractivity contribution in [1.29, 1.82) is 0 Å². The number of benzene rings is 4. The first-order valence-electron chi connectivity index (χ1n) is 13.8. The van der Waals surface area contributed by atoms with Crippen molar-refractivity contribution in [2.45, 2.75) is 59.3 Å². The Morgan fingerprint density at radius 1 is 0.605 bits per heavy atom. The zero-order valence-electron chi connectivity index (χ0n) is 24.0. The van der Waals surface area contributed by atoms with E-state index in [2.05, 4.69) is 145 Å². The Balaban J connectivity index is 1.57. The number of rotatable bonds is 2. The van der Waals surface area contributed by atoms with Gasteiger partial charge in [-0.25, -0.2) is 4.57 Å². The summed E-state index contributed by atoms with van der Waals surface area (Å²) in [5, 5.41) is 2.70. The van der Waals surface area contributed by atoms with E-state index >= 15 is 0 Å². The van der Waals surface area contributed by atoms with Gasteiger partial charge in [0.25, 0.3) is 0 Å². The van der Waals surface area contributed by atoms with Crippen LogP contribution in [0.2, 0.25) is 0 Å². The van der Waals surface area contributed by atoms with Gasteiger partial charge in [0.1, 0.15) is 7.05 Å². The third kappa shape index (κ3) is 3.48. The van der Waals surface area contributed by atoms with Crippen molar-refractivity contribution >= 4 is 10.8 Å². The molecule has 1 heterocycles. The number of pyridine rings is 1. The van der Waals surface area contributed by atoms with E-state index in [4.69, 9.17) is 0 Å². The first kappa shape index (κ1) is 24.6. The molecule has 1 aliphatic carbocycles. The molecule has 0 atom stereocenters. The maximum absolute atomic E-state index is 2.49. The molecule has 1 heteroatoms. The van der Waals surface area contributed by atoms with Crippen molar-refractivity contribution in [2.75, 3.05) is 0 Å². The van der Waals surface area contributed by atoms with E-state index in [0.29, 0.717) is 0 Å². The first-order valence-corrected chi connectivity index (χ1v) is 13.8. The molecule has 0 saturated heterocycles. The van der Waals surface area contributed by atoms with Crippen LogP contribution in [0.25, 0.3) is 44.3 Å². The van der Waals surface area contributed by atoms with E-state index in [1.807, 2.05) is 0 Å². The Morgan fingerprint density at radius 3 is 2.03 bits per heavy atom. The Kier molecular flexibility index (Phi) is 5.44. The molecule has 0 bridgehead atoms. The second-order valence-corrected chi connectivity index (χ2v) is 12.4. The molecular formula is C37H38N+. The number of hydrogen-bond donors (Lipinski definition) is 0. The number of aromatic nitrogens is 1. The van der Waals surface area contributed by atoms with Crippen molar-refractivity contribution < 1.29 is 4.57 Å². The highest BCUT2D eigenvalue weighted by molar-refractivity contribution is 5.96. The maximum Gasteiger partial charge on any atom is 0.212 e. The summed E-state index contributed by atoms with van der Waals surface area (Å²) >= 11 is 0. The molecule has 0 N–H and O–H groups in total. The van der Waals surface area contributed by atoms with Gasteiger partial charge in [0.15, 0.2) is 6.20 Å². The summed E-state index contributed by atoms with van der Waals surface area (Å²) in [5.41, 5.74) is 14.6. The highest BCUT2D eigenvalue weighted by atomic mass is 14.9. The average Bonchev–Trinajstić information content (AvgIpc) is 2.88. The number of hydrogen-bond acceptors (Lipinski definition) is 0. The molecule has 6 rings (SSSR count). The van der Waals surface area contributed by atoms with Crippen molar-refractivity contribution in [1.82, 2.24) is 0 Å². The number of aryl methyl sites for hydroxylation is 4. The molecule has 0 amide bonds. The van der Waals surface area contributed by atoms with Gasteiger partial charge in [0, 0.05) is 22.6 Å². The standard InChI is InChI=1S/C37H38N/c1-23-13-15-27(16-14-23)32-22-38(8)34(20-25(32)3)30-21-33-31(19-24(30)2)29-18-17-26-11-9-10-12-28(26)35(29)37(6,7)36(33,4)5/h9-22H,1-8H3/q+1. The molecular weight excluding hydrogens is 458 g/mol. The molecule has 5 aromatic rings. The van der Waals surface area contributed by atoms with Crippen LogP contribution in [0.15, 0.2) is 85.1 Å². The van der Waals surface area contributed by atoms with Crippen LogP contribution in [0, 0.1) is 20.8 Å². The summed E-state index contributed by atoms with van der Waals surface area (Å²) < 4.78 is 2.30. The van der Waals surface area contributed by atoms with Gasteiger partial charge in [0.05, 0.1) is 0 Å². The Bertz CT molecular complexity index is 1730. The molecule has 0 spiro atoms. The van der Waals surface area contributed by atoms with Crippen molar-refractivity contribution in [3.05, 3.63) is 113 Å². The maximum atomic E-state index is 2.49. The lowest BCUT2D eigenvalue weighted by molar-refractivity contribution is -0.660. The van der Waals surface area contributed by atoms with Gasteiger partial charge in [-0.3, -0.25) is 0 Å². The van der Waals surface area contributed by atoms with E-state index in [1.165, 1.54) is 72.1 Å². The minimum absolute atomic E-state index is 0.0316. The molecule has 0 unspecified atom stereocenters. The largest absolute Gasteiger partial charge is 0.212 e. The van der Waals surface area contributed by atoms with Gasteiger partial charge >= 0.3 is 0 Å². The Morgan fingerprint density at radius 2 is 1.29 bits per heavy atom. The minimum atomic E-state index is -0.0443. The lowest BCUT2D eigenvalue weighted by Crippen LogP contribution is -2.44. The second-order valence-electron chi connectivity index (χ2n) is 12.4. The fourth-order valence-corrected chi connectivity index (χ4v) is 6.60. The van der Waals surface area contributed by atoms with Crippen molar-refractivity contribution in [3.8, 4) is 33.5 Å². The molecule has 4 aromatic carbocycles. The highest BCUT2D eigenvalue weighted by Gasteiger charge is 2.47. The van der Waals surface area contributed by atoms with Crippen LogP contribution in [0.4, 0.5) is 0 Å². The molecule has 1 aromatic heterocycles. The molecule has 1 aliphatic rings. The first-order chi connectivity index (χ1) is 18.0. The predicted octanol–water partition coefficient (Wildman–Crippen LogP) is 9.16. The molecule has 0 radical (unpaired) electrons. The van der Waals surface area contributed by atoms with Gasteiger partial charge in [0.2, 0.25) is 5.69 Å². The zero-order chi connectivity index (χ0) is 27.0. The van der Waals surface area contributed by atoms with Crippen LogP contribution in [0.5, 0.6) is 0 Å². The summed E-state index contributed by atoms with van der Waals surface area (Å²) in [5.74, 6) is 0. The molecule has 0 saturated carbocycles. The van der Waals surface area contributed by atoms with E-state index in [-0.39, 0.29) is 10.8 Å². The van der Waals surface area contributed by atoms with Gasteiger partial charge in [-0.2, -0.15) is 0 Å². The lowest BCUT2D eigenvalue weighted by atomic mass is 9.54. The van der Waals surface area contributed by atoms with Crippen LogP contribution < -0.4 is 4.57 Å². The van der Waals surface area contributed by atoms with Crippen molar-refractivity contribution in [3.63, 3.8) is 0 Å². The van der Waals surface area contributed by atoms with E-state index in [0.717, 1.165) is 0 Å². The quantitative estimate of drug-likeness (QED) is 0.215. The van der Waals surface area contributed by atoms with Gasteiger partial charge in [-0.05, 0) is 82.0 Å². The number of fused-ring (bicyclic) bond motifs is 5. The normalized spacial score (nSPS) is 15.3. The van der Waals surface area contributed by atoms with Crippen LogP contribution in [-0.4, -0.2) is 0 Å². The second kappa shape index (κ2) is 8.40. The average molecular weight is 497 g/mol. The van der Waals surface area contributed by atoms with Crippen molar-refractivity contribution in [2.24, 2.45) is 7.05 Å². The molecule has 0 fully saturated rings. The summed E-state index contributed by atoms with van der Waals surface area (Å²) in [6.07, 6.45) is 2.30. The third-order valence-electron chi connectivity index (χ3n) is 9.56. The minimum Gasteiger partial charge on any atom is -0.200 e. The smallest absolute Gasteiger partial charge is 0.200 e. The lowest BCUT2D eigenvalue weighted by Gasteiger charge is -2.49. The summed E-state index contributed by atoms with van der Waals surface area (Å²) in [7, 11) is 2.18. The predicted molar refractivity (Wildman–Crippen MR) is 162 cm³/mol. The topological polar surface area (TPSA) is 3.88 Å². The van der Waals surface area contributed by atoms with Crippen LogP contribution in [0.3, 0.4) is 0 Å². The summed E-state index contributed by atoms with van der Waals surface area (Å²) in [6.45, 7) is 16.4. The fourth-order valence-electron chi connectivity index (χ4n) is 6.60. The monoisotopic (exact) mass is 496 g/mol. The Hall–Kier alpha value is -3.71. The highest BCUT2D eigenvalue weighted by Crippen LogP contribution is 2.56. The van der Waals surface area contributed by atoms with Gasteiger partial charge in [-0.1, -0.05) is 100.0 Å². The summed E-state index contributed by atoms with van der Waals surface area (Å²) in [4.78, 5) is 0. The molecule has 38 heavy (non-hydrogen) atoms. The SMILES string of the molecule is Cc1ccc(-c2c[n+](C)c(-c3cc4c(cc3C)-c3ccc5ccccc5c3C(C)(C)C4(C)C)cc2C)cc1. The summed E-state index contributed by atoms with van der Waals surface area (Å²) in [6, 6.07) is 29.7. The molecule has 1 nitrogen and oxygen atoms in total. The Labute approximate surface area is 227 Å². The van der Waals surface area contributed by atoms with E-state index in [9.17, 15) is 0 Å². The van der Waals surface area contributed by atoms with Crippen LogP contribution in [-0.2, 0) is 17.9 Å². The van der Waals surface area contributed by atoms with Gasteiger partial charge < -0.3 is 0 Å². The molecule has 190 valence electrons. The van der Waals surface area contributed by atoms with E-state index in [1.54, 1.807) is 0 Å². The van der Waals surface area contributed by atoms with Gasteiger partial charge in [-0.15, -0.1) is 0 Å². The molecule has 0 aliphatic heterocycles.